The maximum absolute atomic E-state index is 12.8. The van der Waals surface area contributed by atoms with Crippen molar-refractivity contribution in [2.45, 2.75) is 6.42 Å². The number of morpholine rings is 1. The molecule has 1 aliphatic rings. The summed E-state index contributed by atoms with van der Waals surface area (Å²) < 4.78 is 32.2. The van der Waals surface area contributed by atoms with Gasteiger partial charge in [-0.2, -0.15) is 4.31 Å². The van der Waals surface area contributed by atoms with Crippen LogP contribution in [0.3, 0.4) is 0 Å². The van der Waals surface area contributed by atoms with Crippen molar-refractivity contribution in [1.29, 1.82) is 0 Å². The fraction of sp³-hybridized carbons (Fsp3) is 0.412. The highest BCUT2D eigenvalue weighted by Gasteiger charge is 2.32. The number of Topliss-reactive ketones (excluding diaryl/α,β-unsaturated/α-hetero) is 1. The summed E-state index contributed by atoms with van der Waals surface area (Å²) in [6, 6.07) is 9.48. The molecule has 1 atom stereocenters. The Morgan fingerprint density at radius 3 is 2.60 bits per heavy atom. The summed E-state index contributed by atoms with van der Waals surface area (Å²) in [5.41, 5.74) is 0.939. The van der Waals surface area contributed by atoms with Crippen molar-refractivity contribution in [2.75, 3.05) is 32.1 Å². The van der Waals surface area contributed by atoms with E-state index in [9.17, 15) is 13.2 Å². The van der Waals surface area contributed by atoms with Crippen LogP contribution < -0.4 is 0 Å². The average molecular weight is 380 g/mol. The second-order valence-corrected chi connectivity index (χ2v) is 8.79. The zero-order valence-electron chi connectivity index (χ0n) is 13.7. The van der Waals surface area contributed by atoms with Crippen LogP contribution in [0.1, 0.15) is 15.4 Å². The molecule has 0 unspecified atom stereocenters. The fourth-order valence-corrected chi connectivity index (χ4v) is 5.18. The molecule has 0 saturated carbocycles. The first-order valence-electron chi connectivity index (χ1n) is 8.09. The standard InChI is InChI=1S/C17H20N2O4S2/c20-16(17-18-6-11-24-17)15(12-14-4-2-1-3-5-14)13-25(21,22)19-7-9-23-10-8-19/h1-6,11,15H,7-10,12-13H2/t15-/m0/s1. The number of sulfonamides is 1. The van der Waals surface area contributed by atoms with Crippen molar-refractivity contribution < 1.29 is 17.9 Å². The average Bonchev–Trinajstić information content (AvgIpc) is 3.17. The summed E-state index contributed by atoms with van der Waals surface area (Å²) in [4.78, 5) is 16.9. The van der Waals surface area contributed by atoms with Crippen LogP contribution in [0.25, 0.3) is 0 Å². The van der Waals surface area contributed by atoms with Crippen molar-refractivity contribution in [3.63, 3.8) is 0 Å². The molecule has 1 aromatic carbocycles. The number of carbonyl (C=O) groups excluding carboxylic acids is 1. The number of hydrogen-bond acceptors (Lipinski definition) is 6. The summed E-state index contributed by atoms with van der Waals surface area (Å²) in [5.74, 6) is -1.07. The predicted molar refractivity (Wildman–Crippen MR) is 96.3 cm³/mol. The Labute approximate surface area is 151 Å². The molecular formula is C17H20N2O4S2. The molecule has 0 spiro atoms. The zero-order chi connectivity index (χ0) is 17.7. The van der Waals surface area contributed by atoms with Gasteiger partial charge in [0.1, 0.15) is 0 Å². The molecule has 2 heterocycles. The van der Waals surface area contributed by atoms with E-state index < -0.39 is 15.9 Å². The van der Waals surface area contributed by atoms with Gasteiger partial charge in [-0.15, -0.1) is 11.3 Å². The molecule has 2 aromatic rings. The molecule has 8 heteroatoms. The van der Waals surface area contributed by atoms with Crippen LogP contribution in [0.15, 0.2) is 41.9 Å². The molecule has 1 aromatic heterocycles. The van der Waals surface area contributed by atoms with Gasteiger partial charge >= 0.3 is 0 Å². The van der Waals surface area contributed by atoms with Crippen molar-refractivity contribution in [3.8, 4) is 0 Å². The van der Waals surface area contributed by atoms with E-state index in [4.69, 9.17) is 4.74 Å². The first-order valence-corrected chi connectivity index (χ1v) is 10.6. The van der Waals surface area contributed by atoms with Gasteiger partial charge in [-0.3, -0.25) is 4.79 Å². The molecule has 0 aliphatic carbocycles. The summed E-state index contributed by atoms with van der Waals surface area (Å²) >= 11 is 1.24. The largest absolute Gasteiger partial charge is 0.379 e. The monoisotopic (exact) mass is 380 g/mol. The Balaban J connectivity index is 1.81. The molecule has 25 heavy (non-hydrogen) atoms. The Morgan fingerprint density at radius 1 is 1.24 bits per heavy atom. The number of hydrogen-bond donors (Lipinski definition) is 0. The summed E-state index contributed by atoms with van der Waals surface area (Å²) in [5, 5.41) is 2.08. The maximum atomic E-state index is 12.8. The number of thiazole rings is 1. The van der Waals surface area contributed by atoms with Gasteiger partial charge in [0.25, 0.3) is 0 Å². The number of rotatable bonds is 7. The van der Waals surface area contributed by atoms with E-state index in [1.165, 1.54) is 15.6 Å². The highest BCUT2D eigenvalue weighted by atomic mass is 32.2. The smallest absolute Gasteiger partial charge is 0.214 e. The Bertz CT molecular complexity index is 785. The van der Waals surface area contributed by atoms with Gasteiger partial charge in [0.05, 0.1) is 19.0 Å². The lowest BCUT2D eigenvalue weighted by Gasteiger charge is -2.27. The van der Waals surface area contributed by atoms with Crippen LogP contribution in [0.5, 0.6) is 0 Å². The third-order valence-corrected chi connectivity index (χ3v) is 6.88. The number of ether oxygens (including phenoxy) is 1. The Hall–Kier alpha value is -1.61. The topological polar surface area (TPSA) is 76.6 Å². The van der Waals surface area contributed by atoms with E-state index >= 15 is 0 Å². The Kier molecular flexibility index (Phi) is 5.95. The molecule has 0 radical (unpaired) electrons. The number of carbonyl (C=O) groups is 1. The van der Waals surface area contributed by atoms with Crippen molar-refractivity contribution in [1.82, 2.24) is 9.29 Å². The fourth-order valence-electron chi connectivity index (χ4n) is 2.83. The lowest BCUT2D eigenvalue weighted by molar-refractivity contribution is 0.0726. The van der Waals surface area contributed by atoms with Crippen LogP contribution in [0, 0.1) is 5.92 Å². The second-order valence-electron chi connectivity index (χ2n) is 5.88. The van der Waals surface area contributed by atoms with Gasteiger partial charge in [-0.05, 0) is 12.0 Å². The number of nitrogens with zero attached hydrogens (tertiary/aromatic N) is 2. The molecule has 0 N–H and O–H groups in total. The summed E-state index contributed by atoms with van der Waals surface area (Å²) in [7, 11) is -3.53. The highest BCUT2D eigenvalue weighted by Crippen LogP contribution is 2.20. The highest BCUT2D eigenvalue weighted by molar-refractivity contribution is 7.89. The molecule has 6 nitrogen and oxygen atoms in total. The molecule has 1 saturated heterocycles. The minimum atomic E-state index is -3.53. The van der Waals surface area contributed by atoms with Gasteiger partial charge in [0.15, 0.2) is 10.8 Å². The number of benzene rings is 1. The minimum Gasteiger partial charge on any atom is -0.379 e. The lowest BCUT2D eigenvalue weighted by Crippen LogP contribution is -2.44. The van der Waals surface area contributed by atoms with E-state index in [1.54, 1.807) is 11.6 Å². The van der Waals surface area contributed by atoms with Gasteiger partial charge in [-0.1, -0.05) is 30.3 Å². The van der Waals surface area contributed by atoms with Gasteiger partial charge in [0, 0.05) is 30.6 Å². The molecule has 134 valence electrons. The number of ketones is 1. The first-order chi connectivity index (χ1) is 12.1. The van der Waals surface area contributed by atoms with Crippen LogP contribution in [-0.4, -0.2) is 55.5 Å². The molecule has 3 rings (SSSR count). The van der Waals surface area contributed by atoms with Crippen LogP contribution in [0.2, 0.25) is 0 Å². The number of aromatic nitrogens is 1. The molecule has 1 fully saturated rings. The van der Waals surface area contributed by atoms with Crippen molar-refractivity contribution in [3.05, 3.63) is 52.5 Å². The van der Waals surface area contributed by atoms with Gasteiger partial charge in [0.2, 0.25) is 10.0 Å². The van der Waals surface area contributed by atoms with Crippen LogP contribution in [0.4, 0.5) is 0 Å². The van der Waals surface area contributed by atoms with Crippen LogP contribution in [-0.2, 0) is 21.2 Å². The van der Waals surface area contributed by atoms with E-state index in [1.807, 2.05) is 30.3 Å². The summed E-state index contributed by atoms with van der Waals surface area (Å²) in [6.07, 6.45) is 1.94. The second kappa shape index (κ2) is 8.18. The summed E-state index contributed by atoms with van der Waals surface area (Å²) in [6.45, 7) is 1.46. The maximum Gasteiger partial charge on any atom is 0.214 e. The van der Waals surface area contributed by atoms with Crippen molar-refractivity contribution in [2.24, 2.45) is 5.92 Å². The minimum absolute atomic E-state index is 0.208. The predicted octanol–water partition coefficient (Wildman–Crippen LogP) is 1.85. The normalized spacial score (nSPS) is 17.3. The lowest BCUT2D eigenvalue weighted by atomic mass is 9.97. The van der Waals surface area contributed by atoms with E-state index in [0.29, 0.717) is 37.7 Å². The van der Waals surface area contributed by atoms with E-state index in [-0.39, 0.29) is 11.5 Å². The van der Waals surface area contributed by atoms with Crippen molar-refractivity contribution >= 4 is 27.1 Å². The SMILES string of the molecule is O=C(c1nccs1)[C@@H](Cc1ccccc1)CS(=O)(=O)N1CCOCC1. The molecule has 0 amide bonds. The van der Waals surface area contributed by atoms with Gasteiger partial charge < -0.3 is 4.74 Å². The third-order valence-electron chi connectivity index (χ3n) is 4.11. The zero-order valence-corrected chi connectivity index (χ0v) is 15.3. The van der Waals surface area contributed by atoms with Crippen LogP contribution >= 0.6 is 11.3 Å². The quantitative estimate of drug-likeness (QED) is 0.685. The van der Waals surface area contributed by atoms with Gasteiger partial charge in [-0.25, -0.2) is 13.4 Å². The molecule has 0 bridgehead atoms. The molecular weight excluding hydrogens is 360 g/mol. The Morgan fingerprint density at radius 2 is 1.96 bits per heavy atom. The molecule has 1 aliphatic heterocycles. The first kappa shape index (κ1) is 18.2. The third kappa shape index (κ3) is 4.72. The van der Waals surface area contributed by atoms with E-state index in [0.717, 1.165) is 5.56 Å². The van der Waals surface area contributed by atoms with E-state index in [2.05, 4.69) is 4.98 Å².